The summed E-state index contributed by atoms with van der Waals surface area (Å²) in [5.74, 6) is -1.86. The number of aliphatic hydroxyl groups is 1. The van der Waals surface area contributed by atoms with Crippen LogP contribution in [0.1, 0.15) is 20.3 Å². The molecule has 7 nitrogen and oxygen atoms in total. The molecule has 2 amide bonds. The molecule has 0 spiro atoms. The number of benzene rings is 2. The summed E-state index contributed by atoms with van der Waals surface area (Å²) in [4.78, 5) is 25.4. The number of para-hydroxylation sites is 1. The molecule has 3 rings (SSSR count). The van der Waals surface area contributed by atoms with Crippen molar-refractivity contribution in [1.29, 1.82) is 0 Å². The summed E-state index contributed by atoms with van der Waals surface area (Å²) in [5.41, 5.74) is 2.47. The van der Waals surface area contributed by atoms with Crippen molar-refractivity contribution in [1.82, 2.24) is 5.32 Å². The van der Waals surface area contributed by atoms with E-state index in [2.05, 4.69) is 16.0 Å². The van der Waals surface area contributed by atoms with Crippen molar-refractivity contribution < 1.29 is 19.4 Å². The number of hydrogen-bond acceptors (Lipinski definition) is 5. The summed E-state index contributed by atoms with van der Waals surface area (Å²) in [7, 11) is 0. The third-order valence-electron chi connectivity index (χ3n) is 4.84. The first kappa shape index (κ1) is 20.8. The average Bonchev–Trinajstić information content (AvgIpc) is 3.08. The lowest BCUT2D eigenvalue weighted by molar-refractivity contribution is -0.137. The van der Waals surface area contributed by atoms with Crippen LogP contribution in [-0.2, 0) is 14.3 Å². The number of hydrogen-bond donors (Lipinski definition) is 4. The van der Waals surface area contributed by atoms with Gasteiger partial charge in [-0.15, -0.1) is 0 Å². The molecule has 2 aromatic rings. The standard InChI is InChI=1S/C22H27N3O4/c1-14(2)19(21(27)25-18-12-13-29-22(18)28)20(26)24-17-10-8-16(9-11-17)23-15-6-4-3-5-7-15/h3-11,14,18-19,22-23,28H,12-13H2,1-2H3,(H,24,26)(H,25,27). The van der Waals surface area contributed by atoms with Crippen LogP contribution in [0.15, 0.2) is 54.6 Å². The molecule has 3 atom stereocenters. The Balaban J connectivity index is 1.61. The Morgan fingerprint density at radius 3 is 2.17 bits per heavy atom. The molecule has 3 unspecified atom stereocenters. The van der Waals surface area contributed by atoms with Gasteiger partial charge in [-0.2, -0.15) is 0 Å². The van der Waals surface area contributed by atoms with Crippen molar-refractivity contribution in [2.45, 2.75) is 32.6 Å². The molecule has 0 radical (unpaired) electrons. The minimum absolute atomic E-state index is 0.200. The van der Waals surface area contributed by atoms with E-state index < -0.39 is 24.2 Å². The smallest absolute Gasteiger partial charge is 0.237 e. The highest BCUT2D eigenvalue weighted by molar-refractivity contribution is 6.06. The van der Waals surface area contributed by atoms with Gasteiger partial charge in [0.2, 0.25) is 11.8 Å². The summed E-state index contributed by atoms with van der Waals surface area (Å²) < 4.78 is 5.05. The fraction of sp³-hybridized carbons (Fsp3) is 0.364. The molecular weight excluding hydrogens is 370 g/mol. The monoisotopic (exact) mass is 397 g/mol. The molecule has 2 aromatic carbocycles. The Labute approximate surface area is 170 Å². The second-order valence-electron chi connectivity index (χ2n) is 7.44. The number of nitrogens with one attached hydrogen (secondary N) is 3. The van der Waals surface area contributed by atoms with E-state index in [0.29, 0.717) is 18.7 Å². The molecule has 0 saturated carbocycles. The number of carbonyl (C=O) groups excluding carboxylic acids is 2. The highest BCUT2D eigenvalue weighted by Gasteiger charge is 2.34. The molecule has 7 heteroatoms. The molecule has 1 fully saturated rings. The highest BCUT2D eigenvalue weighted by atomic mass is 16.6. The summed E-state index contributed by atoms with van der Waals surface area (Å²) in [5, 5.41) is 18.5. The quantitative estimate of drug-likeness (QED) is 0.539. The van der Waals surface area contributed by atoms with Crippen LogP contribution in [0.4, 0.5) is 17.1 Å². The van der Waals surface area contributed by atoms with Crippen molar-refractivity contribution in [2.24, 2.45) is 11.8 Å². The Morgan fingerprint density at radius 1 is 0.966 bits per heavy atom. The molecule has 1 heterocycles. The Bertz CT molecular complexity index is 824. The minimum atomic E-state index is -1.03. The van der Waals surface area contributed by atoms with E-state index in [1.807, 2.05) is 56.3 Å². The maximum Gasteiger partial charge on any atom is 0.237 e. The average molecular weight is 397 g/mol. The summed E-state index contributed by atoms with van der Waals surface area (Å²) in [6, 6.07) is 16.6. The number of carbonyl (C=O) groups is 2. The highest BCUT2D eigenvalue weighted by Crippen LogP contribution is 2.21. The molecule has 0 bridgehead atoms. The van der Waals surface area contributed by atoms with Crippen LogP contribution >= 0.6 is 0 Å². The molecule has 1 aliphatic heterocycles. The van der Waals surface area contributed by atoms with E-state index in [9.17, 15) is 14.7 Å². The van der Waals surface area contributed by atoms with E-state index in [1.54, 1.807) is 12.1 Å². The van der Waals surface area contributed by atoms with Crippen LogP contribution in [0.25, 0.3) is 0 Å². The molecule has 1 saturated heterocycles. The Kier molecular flexibility index (Phi) is 6.85. The van der Waals surface area contributed by atoms with Crippen molar-refractivity contribution in [2.75, 3.05) is 17.2 Å². The van der Waals surface area contributed by atoms with Gasteiger partial charge in [0.15, 0.2) is 6.29 Å². The van der Waals surface area contributed by atoms with Gasteiger partial charge in [-0.05, 0) is 48.7 Å². The molecular formula is C22H27N3O4. The molecule has 0 aliphatic carbocycles. The van der Waals surface area contributed by atoms with E-state index in [0.717, 1.165) is 11.4 Å². The lowest BCUT2D eigenvalue weighted by atomic mass is 9.93. The van der Waals surface area contributed by atoms with Crippen LogP contribution < -0.4 is 16.0 Å². The zero-order chi connectivity index (χ0) is 20.8. The fourth-order valence-corrected chi connectivity index (χ4v) is 3.26. The second kappa shape index (κ2) is 9.54. The van der Waals surface area contributed by atoms with E-state index >= 15 is 0 Å². The maximum absolute atomic E-state index is 12.7. The summed E-state index contributed by atoms with van der Waals surface area (Å²) >= 11 is 0. The van der Waals surface area contributed by atoms with Crippen molar-refractivity contribution in [3.63, 3.8) is 0 Å². The third-order valence-corrected chi connectivity index (χ3v) is 4.84. The van der Waals surface area contributed by atoms with Crippen LogP contribution in [0.5, 0.6) is 0 Å². The zero-order valence-corrected chi connectivity index (χ0v) is 16.6. The maximum atomic E-state index is 12.7. The Hall–Kier alpha value is -2.90. The number of rotatable bonds is 7. The normalized spacial score (nSPS) is 19.6. The van der Waals surface area contributed by atoms with Crippen molar-refractivity contribution in [3.05, 3.63) is 54.6 Å². The van der Waals surface area contributed by atoms with Gasteiger partial charge < -0.3 is 25.8 Å². The number of aliphatic hydroxyl groups excluding tert-OH is 1. The number of amides is 2. The van der Waals surface area contributed by atoms with Gasteiger partial charge in [0, 0.05) is 17.1 Å². The van der Waals surface area contributed by atoms with E-state index in [-0.39, 0.29) is 11.8 Å². The molecule has 1 aliphatic rings. The van der Waals surface area contributed by atoms with E-state index in [4.69, 9.17) is 4.74 Å². The van der Waals surface area contributed by atoms with Gasteiger partial charge in [-0.3, -0.25) is 9.59 Å². The van der Waals surface area contributed by atoms with Gasteiger partial charge in [-0.25, -0.2) is 0 Å². The van der Waals surface area contributed by atoms with Crippen LogP contribution in [-0.4, -0.2) is 35.9 Å². The Morgan fingerprint density at radius 2 is 1.59 bits per heavy atom. The van der Waals surface area contributed by atoms with Gasteiger partial charge >= 0.3 is 0 Å². The summed E-state index contributed by atoms with van der Waals surface area (Å²) in [6.07, 6.45) is -0.505. The van der Waals surface area contributed by atoms with Crippen molar-refractivity contribution in [3.8, 4) is 0 Å². The van der Waals surface area contributed by atoms with Crippen LogP contribution in [0.2, 0.25) is 0 Å². The van der Waals surface area contributed by atoms with Gasteiger partial charge in [-0.1, -0.05) is 32.0 Å². The largest absolute Gasteiger partial charge is 0.366 e. The predicted molar refractivity (Wildman–Crippen MR) is 112 cm³/mol. The predicted octanol–water partition coefficient (Wildman–Crippen LogP) is 2.86. The molecule has 0 aromatic heterocycles. The minimum Gasteiger partial charge on any atom is -0.366 e. The van der Waals surface area contributed by atoms with Gasteiger partial charge in [0.05, 0.1) is 12.6 Å². The first-order valence-corrected chi connectivity index (χ1v) is 9.77. The number of ether oxygens (including phenoxy) is 1. The first-order chi connectivity index (χ1) is 13.9. The van der Waals surface area contributed by atoms with Gasteiger partial charge in [0.1, 0.15) is 5.92 Å². The SMILES string of the molecule is CC(C)C(C(=O)Nc1ccc(Nc2ccccc2)cc1)C(=O)NC1CCOC1O. The number of anilines is 3. The van der Waals surface area contributed by atoms with Gasteiger partial charge in [0.25, 0.3) is 0 Å². The fourth-order valence-electron chi connectivity index (χ4n) is 3.26. The lowest BCUT2D eigenvalue weighted by Crippen LogP contribution is -2.47. The topological polar surface area (TPSA) is 99.7 Å². The third kappa shape index (κ3) is 5.56. The van der Waals surface area contributed by atoms with Crippen LogP contribution in [0, 0.1) is 11.8 Å². The second-order valence-corrected chi connectivity index (χ2v) is 7.44. The molecule has 4 N–H and O–H groups in total. The molecule has 154 valence electrons. The van der Waals surface area contributed by atoms with Crippen molar-refractivity contribution >= 4 is 28.9 Å². The van der Waals surface area contributed by atoms with E-state index in [1.165, 1.54) is 0 Å². The zero-order valence-electron chi connectivity index (χ0n) is 16.6. The first-order valence-electron chi connectivity index (χ1n) is 9.77. The molecule has 29 heavy (non-hydrogen) atoms. The van der Waals surface area contributed by atoms with Crippen LogP contribution in [0.3, 0.4) is 0 Å². The lowest BCUT2D eigenvalue weighted by Gasteiger charge is -2.23. The summed E-state index contributed by atoms with van der Waals surface area (Å²) in [6.45, 7) is 4.02.